The van der Waals surface area contributed by atoms with Crippen LogP contribution in [0.15, 0.2) is 35.2 Å². The molecule has 0 spiro atoms. The number of aryl methyl sites for hydroxylation is 1. The van der Waals surface area contributed by atoms with Crippen molar-refractivity contribution in [2.24, 2.45) is 0 Å². The zero-order chi connectivity index (χ0) is 18.0. The molecule has 3 rings (SSSR count). The van der Waals surface area contributed by atoms with Crippen molar-refractivity contribution in [3.05, 3.63) is 50.7 Å². The lowest BCUT2D eigenvalue weighted by Gasteiger charge is -2.07. The van der Waals surface area contributed by atoms with E-state index in [0.717, 1.165) is 21.7 Å². The van der Waals surface area contributed by atoms with E-state index in [2.05, 4.69) is 22.5 Å². The van der Waals surface area contributed by atoms with E-state index in [4.69, 9.17) is 11.6 Å². The van der Waals surface area contributed by atoms with Crippen LogP contribution in [0.25, 0.3) is 0 Å². The zero-order valence-electron chi connectivity index (χ0n) is 14.2. The predicted molar refractivity (Wildman–Crippen MR) is 102 cm³/mol. The fourth-order valence-electron chi connectivity index (χ4n) is 2.89. The number of hydrogen-bond acceptors (Lipinski definition) is 5. The van der Waals surface area contributed by atoms with Gasteiger partial charge in [0.2, 0.25) is 10.0 Å². The van der Waals surface area contributed by atoms with Crippen molar-refractivity contribution in [2.75, 3.05) is 6.54 Å². The van der Waals surface area contributed by atoms with Gasteiger partial charge in [0.25, 0.3) is 0 Å². The molecule has 2 aromatic rings. The number of hydrazine groups is 1. The third-order valence-electron chi connectivity index (χ3n) is 4.24. The van der Waals surface area contributed by atoms with Crippen molar-refractivity contribution in [2.45, 2.75) is 43.7 Å². The first kappa shape index (κ1) is 18.8. The van der Waals surface area contributed by atoms with Crippen LogP contribution in [-0.4, -0.2) is 21.0 Å². The van der Waals surface area contributed by atoms with Gasteiger partial charge in [-0.1, -0.05) is 23.7 Å². The highest BCUT2D eigenvalue weighted by molar-refractivity contribution is 7.89. The second-order valence-electron chi connectivity index (χ2n) is 6.32. The average molecular weight is 400 g/mol. The molecule has 0 radical (unpaired) electrons. The SMILES string of the molecule is Cc1sc(C2CC(C)NN2)cc1S(=O)(=O)NCCc1ccc(Cl)cc1. The molecule has 1 aromatic heterocycles. The number of halogens is 1. The molecular formula is C17H22ClN3O2S2. The Morgan fingerprint density at radius 3 is 2.64 bits per heavy atom. The molecule has 136 valence electrons. The second kappa shape index (κ2) is 7.73. The van der Waals surface area contributed by atoms with E-state index in [1.54, 1.807) is 6.07 Å². The molecule has 8 heteroatoms. The molecule has 1 aliphatic heterocycles. The smallest absolute Gasteiger partial charge is 0.241 e. The lowest BCUT2D eigenvalue weighted by atomic mass is 10.1. The van der Waals surface area contributed by atoms with Gasteiger partial charge in [-0.2, -0.15) is 0 Å². The molecule has 25 heavy (non-hydrogen) atoms. The molecule has 2 heterocycles. The van der Waals surface area contributed by atoms with E-state index < -0.39 is 10.0 Å². The summed E-state index contributed by atoms with van der Waals surface area (Å²) < 4.78 is 28.0. The zero-order valence-corrected chi connectivity index (χ0v) is 16.6. The monoisotopic (exact) mass is 399 g/mol. The number of hydrogen-bond donors (Lipinski definition) is 3. The van der Waals surface area contributed by atoms with Gasteiger partial charge in [0, 0.05) is 27.4 Å². The first-order chi connectivity index (χ1) is 11.8. The van der Waals surface area contributed by atoms with Gasteiger partial charge < -0.3 is 0 Å². The minimum Gasteiger partial charge on any atom is -0.254 e. The Labute approximate surface area is 157 Å². The predicted octanol–water partition coefficient (Wildman–Crippen LogP) is 3.16. The highest BCUT2D eigenvalue weighted by Gasteiger charge is 2.27. The molecule has 1 aliphatic rings. The van der Waals surface area contributed by atoms with E-state index in [-0.39, 0.29) is 6.04 Å². The summed E-state index contributed by atoms with van der Waals surface area (Å²) in [5, 5.41) is 0.676. The maximum atomic E-state index is 12.6. The molecule has 5 nitrogen and oxygen atoms in total. The van der Waals surface area contributed by atoms with Crippen LogP contribution in [-0.2, 0) is 16.4 Å². The molecule has 1 aromatic carbocycles. The van der Waals surface area contributed by atoms with E-state index in [1.165, 1.54) is 11.3 Å². The van der Waals surface area contributed by atoms with Crippen molar-refractivity contribution in [3.8, 4) is 0 Å². The number of sulfonamides is 1. The highest BCUT2D eigenvalue weighted by Crippen LogP contribution is 2.33. The summed E-state index contributed by atoms with van der Waals surface area (Å²) in [6, 6.07) is 9.77. The third kappa shape index (κ3) is 4.61. The lowest BCUT2D eigenvalue weighted by Crippen LogP contribution is -2.28. The van der Waals surface area contributed by atoms with Crippen LogP contribution in [0.4, 0.5) is 0 Å². The normalized spacial score (nSPS) is 20.9. The number of rotatable bonds is 6. The topological polar surface area (TPSA) is 70.2 Å². The molecule has 0 saturated carbocycles. The number of thiophene rings is 1. The van der Waals surface area contributed by atoms with Crippen LogP contribution in [0.1, 0.15) is 34.7 Å². The molecule has 1 fully saturated rings. The van der Waals surface area contributed by atoms with Gasteiger partial charge in [-0.05, 0) is 50.5 Å². The van der Waals surface area contributed by atoms with Gasteiger partial charge in [-0.25, -0.2) is 18.6 Å². The van der Waals surface area contributed by atoms with Crippen molar-refractivity contribution < 1.29 is 8.42 Å². The van der Waals surface area contributed by atoms with E-state index >= 15 is 0 Å². The summed E-state index contributed by atoms with van der Waals surface area (Å²) >= 11 is 7.40. The molecule has 2 unspecified atom stereocenters. The highest BCUT2D eigenvalue weighted by atomic mass is 35.5. The number of nitrogens with one attached hydrogen (secondary N) is 3. The van der Waals surface area contributed by atoms with Gasteiger partial charge in [0.1, 0.15) is 0 Å². The van der Waals surface area contributed by atoms with Crippen molar-refractivity contribution in [1.82, 2.24) is 15.6 Å². The summed E-state index contributed by atoms with van der Waals surface area (Å²) in [5.74, 6) is 0. The van der Waals surface area contributed by atoms with E-state index in [0.29, 0.717) is 28.9 Å². The Morgan fingerprint density at radius 2 is 2.00 bits per heavy atom. The molecule has 1 saturated heterocycles. The van der Waals surface area contributed by atoms with Crippen LogP contribution in [0, 0.1) is 6.92 Å². The second-order valence-corrected chi connectivity index (χ2v) is 9.78. The fraction of sp³-hybridized carbons (Fsp3) is 0.412. The Balaban J connectivity index is 1.65. The summed E-state index contributed by atoms with van der Waals surface area (Å²) in [6.45, 7) is 4.31. The van der Waals surface area contributed by atoms with E-state index in [9.17, 15) is 8.42 Å². The van der Waals surface area contributed by atoms with Crippen molar-refractivity contribution in [3.63, 3.8) is 0 Å². The Hall–Kier alpha value is -0.960. The van der Waals surface area contributed by atoms with Crippen LogP contribution in [0.2, 0.25) is 5.02 Å². The quantitative estimate of drug-likeness (QED) is 0.697. The number of benzene rings is 1. The first-order valence-corrected chi connectivity index (χ1v) is 10.9. The summed E-state index contributed by atoms with van der Waals surface area (Å²) in [5.41, 5.74) is 7.44. The van der Waals surface area contributed by atoms with Crippen LogP contribution in [0.5, 0.6) is 0 Å². The van der Waals surface area contributed by atoms with Gasteiger partial charge in [0.05, 0.1) is 10.9 Å². The lowest BCUT2D eigenvalue weighted by molar-refractivity contribution is 0.563. The fourth-order valence-corrected chi connectivity index (χ4v) is 5.71. The third-order valence-corrected chi connectivity index (χ3v) is 7.37. The van der Waals surface area contributed by atoms with E-state index in [1.807, 2.05) is 31.2 Å². The summed E-state index contributed by atoms with van der Waals surface area (Å²) in [6.07, 6.45) is 1.57. The standard InChI is InChI=1S/C17H22ClN3O2S2/c1-11-9-15(21-20-11)16-10-17(12(2)24-16)25(22,23)19-8-7-13-3-5-14(18)6-4-13/h3-6,10-11,15,19-21H,7-9H2,1-2H3. The maximum Gasteiger partial charge on any atom is 0.241 e. The Bertz CT molecular complexity index is 834. The van der Waals surface area contributed by atoms with Gasteiger partial charge in [0.15, 0.2) is 0 Å². The van der Waals surface area contributed by atoms with Gasteiger partial charge in [-0.15, -0.1) is 11.3 Å². The molecule has 2 atom stereocenters. The van der Waals surface area contributed by atoms with Crippen LogP contribution >= 0.6 is 22.9 Å². The van der Waals surface area contributed by atoms with Crippen LogP contribution in [0.3, 0.4) is 0 Å². The largest absolute Gasteiger partial charge is 0.254 e. The first-order valence-electron chi connectivity index (χ1n) is 8.20. The molecule has 0 bridgehead atoms. The van der Waals surface area contributed by atoms with Crippen molar-refractivity contribution >= 4 is 33.0 Å². The minimum atomic E-state index is -3.51. The molecule has 0 amide bonds. The Kier molecular flexibility index (Phi) is 5.82. The maximum absolute atomic E-state index is 12.6. The summed E-state index contributed by atoms with van der Waals surface area (Å²) in [7, 11) is -3.51. The average Bonchev–Trinajstić information content (AvgIpc) is 3.15. The molecule has 0 aliphatic carbocycles. The van der Waals surface area contributed by atoms with Crippen molar-refractivity contribution in [1.29, 1.82) is 0 Å². The summed E-state index contributed by atoms with van der Waals surface area (Å²) in [4.78, 5) is 2.24. The van der Waals surface area contributed by atoms with Gasteiger partial charge >= 0.3 is 0 Å². The minimum absolute atomic E-state index is 0.164. The van der Waals surface area contributed by atoms with Gasteiger partial charge in [-0.3, -0.25) is 5.43 Å². The van der Waals surface area contributed by atoms with Crippen LogP contribution < -0.4 is 15.6 Å². The molecular weight excluding hydrogens is 378 g/mol. The molecule has 3 N–H and O–H groups in total. The Morgan fingerprint density at radius 1 is 1.28 bits per heavy atom.